The van der Waals surface area contributed by atoms with E-state index in [1.165, 1.54) is 0 Å². The number of primary amides is 1. The van der Waals surface area contributed by atoms with Crippen molar-refractivity contribution in [1.82, 2.24) is 10.6 Å². The van der Waals surface area contributed by atoms with Crippen LogP contribution >= 0.6 is 11.6 Å². The number of rotatable bonds is 6. The molecule has 0 aromatic heterocycles. The highest BCUT2D eigenvalue weighted by molar-refractivity contribution is 6.31. The zero-order valence-electron chi connectivity index (χ0n) is 13.3. The summed E-state index contributed by atoms with van der Waals surface area (Å²) in [6.07, 6.45) is 0.540. The smallest absolute Gasteiger partial charge is 0.312 e. The lowest BCUT2D eigenvalue weighted by atomic mass is 9.98. The number of carbonyl (C=O) groups is 2. The maximum Gasteiger partial charge on any atom is 0.312 e. The summed E-state index contributed by atoms with van der Waals surface area (Å²) in [5.74, 6) is -0.310. The maximum absolute atomic E-state index is 12.3. The fourth-order valence-electron chi connectivity index (χ4n) is 2.40. The molecule has 2 atom stereocenters. The maximum atomic E-state index is 12.3. The van der Waals surface area contributed by atoms with Crippen LogP contribution in [0.5, 0.6) is 0 Å². The van der Waals surface area contributed by atoms with Crippen LogP contribution in [0.15, 0.2) is 54.6 Å². The van der Waals surface area contributed by atoms with E-state index in [1.54, 1.807) is 6.92 Å². The third-order valence-electron chi connectivity index (χ3n) is 3.65. The molecule has 0 aliphatic rings. The van der Waals surface area contributed by atoms with E-state index in [0.29, 0.717) is 11.4 Å². The van der Waals surface area contributed by atoms with Crippen molar-refractivity contribution in [2.24, 2.45) is 5.73 Å². The van der Waals surface area contributed by atoms with Crippen molar-refractivity contribution in [1.29, 1.82) is 0 Å². The van der Waals surface area contributed by atoms with Gasteiger partial charge in [0.05, 0.1) is 6.04 Å². The monoisotopic (exact) mass is 345 g/mol. The Labute approximate surface area is 146 Å². The second kappa shape index (κ2) is 8.36. The lowest BCUT2D eigenvalue weighted by molar-refractivity contribution is -0.123. The van der Waals surface area contributed by atoms with Crippen LogP contribution in [0.1, 0.15) is 24.1 Å². The largest absolute Gasteiger partial charge is 0.352 e. The molecule has 0 heterocycles. The summed E-state index contributed by atoms with van der Waals surface area (Å²) in [4.78, 5) is 23.2. The van der Waals surface area contributed by atoms with Crippen LogP contribution in [0.4, 0.5) is 4.79 Å². The first-order chi connectivity index (χ1) is 11.5. The number of amides is 3. The van der Waals surface area contributed by atoms with E-state index in [9.17, 15) is 9.59 Å². The highest BCUT2D eigenvalue weighted by atomic mass is 35.5. The molecule has 126 valence electrons. The van der Waals surface area contributed by atoms with Crippen molar-refractivity contribution < 1.29 is 9.59 Å². The molecule has 3 amide bonds. The van der Waals surface area contributed by atoms with Gasteiger partial charge in [0.2, 0.25) is 5.91 Å². The van der Waals surface area contributed by atoms with Gasteiger partial charge in [0.15, 0.2) is 0 Å². The van der Waals surface area contributed by atoms with Gasteiger partial charge in [0, 0.05) is 5.02 Å². The van der Waals surface area contributed by atoms with Gasteiger partial charge < -0.3 is 16.4 Å². The molecule has 0 saturated carbocycles. The van der Waals surface area contributed by atoms with Crippen molar-refractivity contribution in [2.75, 3.05) is 0 Å². The Morgan fingerprint density at radius 1 is 1.04 bits per heavy atom. The Morgan fingerprint density at radius 3 is 2.29 bits per heavy atom. The van der Waals surface area contributed by atoms with Crippen molar-refractivity contribution in [2.45, 2.75) is 25.4 Å². The van der Waals surface area contributed by atoms with Gasteiger partial charge in [-0.15, -0.1) is 0 Å². The van der Waals surface area contributed by atoms with E-state index >= 15 is 0 Å². The first-order valence-corrected chi connectivity index (χ1v) is 8.00. The summed E-state index contributed by atoms with van der Waals surface area (Å²) in [6.45, 7) is 1.58. The van der Waals surface area contributed by atoms with E-state index in [1.807, 2.05) is 54.6 Å². The van der Waals surface area contributed by atoms with E-state index < -0.39 is 12.1 Å². The van der Waals surface area contributed by atoms with Crippen LogP contribution in [0.25, 0.3) is 0 Å². The van der Waals surface area contributed by atoms with E-state index in [0.717, 1.165) is 11.1 Å². The van der Waals surface area contributed by atoms with E-state index in [2.05, 4.69) is 10.6 Å². The van der Waals surface area contributed by atoms with Gasteiger partial charge >= 0.3 is 6.03 Å². The molecule has 2 rings (SSSR count). The summed E-state index contributed by atoms with van der Waals surface area (Å²) in [5, 5.41) is 5.97. The minimum Gasteiger partial charge on any atom is -0.352 e. The zero-order valence-corrected chi connectivity index (χ0v) is 14.1. The van der Waals surface area contributed by atoms with Crippen LogP contribution in [-0.2, 0) is 11.2 Å². The number of benzene rings is 2. The number of carbonyl (C=O) groups excluding carboxylic acids is 2. The summed E-state index contributed by atoms with van der Waals surface area (Å²) in [6, 6.07) is 15.4. The molecule has 24 heavy (non-hydrogen) atoms. The number of hydrogen-bond donors (Lipinski definition) is 3. The average Bonchev–Trinajstić information content (AvgIpc) is 2.56. The van der Waals surface area contributed by atoms with Gasteiger partial charge in [-0.1, -0.05) is 60.1 Å². The molecule has 6 heteroatoms. The molecule has 0 spiro atoms. The molecular weight excluding hydrogens is 326 g/mol. The highest BCUT2D eigenvalue weighted by Gasteiger charge is 2.20. The van der Waals surface area contributed by atoms with Crippen LogP contribution in [0, 0.1) is 0 Å². The highest BCUT2D eigenvalue weighted by Crippen LogP contribution is 2.23. The fourth-order valence-corrected chi connectivity index (χ4v) is 2.61. The predicted octanol–water partition coefficient (Wildman–Crippen LogP) is 2.80. The van der Waals surface area contributed by atoms with E-state index in [4.69, 9.17) is 17.3 Å². The quantitative estimate of drug-likeness (QED) is 0.752. The van der Waals surface area contributed by atoms with Crippen molar-refractivity contribution in [3.05, 3.63) is 70.7 Å². The van der Waals surface area contributed by atoms with Gasteiger partial charge in [-0.3, -0.25) is 4.79 Å². The first kappa shape index (κ1) is 17.8. The summed E-state index contributed by atoms with van der Waals surface area (Å²) in [7, 11) is 0. The van der Waals surface area contributed by atoms with Crippen molar-refractivity contribution >= 4 is 23.5 Å². The number of nitrogens with one attached hydrogen (secondary N) is 2. The van der Waals surface area contributed by atoms with Crippen LogP contribution in [0.3, 0.4) is 0 Å². The number of urea groups is 1. The van der Waals surface area contributed by atoms with Gasteiger partial charge in [-0.25, -0.2) is 4.79 Å². The van der Waals surface area contributed by atoms with Gasteiger partial charge in [0.1, 0.15) is 6.04 Å². The predicted molar refractivity (Wildman–Crippen MR) is 94.7 cm³/mol. The lowest BCUT2D eigenvalue weighted by Crippen LogP contribution is -2.47. The standard InChI is InChI=1S/C18H20ClN3O2/c1-12(21-18(20)24)17(23)22-16(13-7-3-2-4-8-13)11-14-9-5-6-10-15(14)19/h2-10,12,16H,11H2,1H3,(H,22,23)(H3,20,21,24)/t12-,16-/m1/s1. The fraction of sp³-hybridized carbons (Fsp3) is 0.222. The summed E-state index contributed by atoms with van der Waals surface area (Å²) >= 11 is 6.24. The van der Waals surface area contributed by atoms with Gasteiger partial charge in [-0.2, -0.15) is 0 Å². The minimum atomic E-state index is -0.736. The summed E-state index contributed by atoms with van der Waals surface area (Å²) < 4.78 is 0. The molecule has 0 unspecified atom stereocenters. The molecular formula is C18H20ClN3O2. The molecule has 0 aliphatic heterocycles. The Balaban J connectivity index is 2.19. The summed E-state index contributed by atoms with van der Waals surface area (Å²) in [5.41, 5.74) is 6.96. The van der Waals surface area contributed by atoms with Gasteiger partial charge in [-0.05, 0) is 30.5 Å². The third kappa shape index (κ3) is 4.99. The third-order valence-corrected chi connectivity index (χ3v) is 4.02. The zero-order chi connectivity index (χ0) is 17.5. The molecule has 0 saturated heterocycles. The van der Waals surface area contributed by atoms with Crippen molar-refractivity contribution in [3.8, 4) is 0 Å². The molecule has 5 nitrogen and oxygen atoms in total. The van der Waals surface area contributed by atoms with E-state index in [-0.39, 0.29) is 11.9 Å². The SMILES string of the molecule is C[C@@H](NC(N)=O)C(=O)N[C@H](Cc1ccccc1Cl)c1ccccc1. The number of halogens is 1. The number of hydrogen-bond acceptors (Lipinski definition) is 2. The molecule has 0 aliphatic carbocycles. The topological polar surface area (TPSA) is 84.2 Å². The Kier molecular flexibility index (Phi) is 6.21. The van der Waals surface area contributed by atoms with Crippen molar-refractivity contribution in [3.63, 3.8) is 0 Å². The molecule has 4 N–H and O–H groups in total. The second-order valence-electron chi connectivity index (χ2n) is 5.50. The van der Waals surface area contributed by atoms with Crippen LogP contribution < -0.4 is 16.4 Å². The Morgan fingerprint density at radius 2 is 1.67 bits per heavy atom. The Bertz CT molecular complexity index is 706. The second-order valence-corrected chi connectivity index (χ2v) is 5.90. The molecule has 0 radical (unpaired) electrons. The molecule has 0 fully saturated rings. The minimum absolute atomic E-state index is 0.268. The number of nitrogens with two attached hydrogens (primary N) is 1. The van der Waals surface area contributed by atoms with Crippen LogP contribution in [-0.4, -0.2) is 18.0 Å². The molecule has 2 aromatic carbocycles. The first-order valence-electron chi connectivity index (χ1n) is 7.62. The van der Waals surface area contributed by atoms with Gasteiger partial charge in [0.25, 0.3) is 0 Å². The lowest BCUT2D eigenvalue weighted by Gasteiger charge is -2.22. The normalized spacial score (nSPS) is 12.9. The molecule has 0 bridgehead atoms. The van der Waals surface area contributed by atoms with Crippen LogP contribution in [0.2, 0.25) is 5.02 Å². The Hall–Kier alpha value is -2.53. The average molecular weight is 346 g/mol. The molecule has 2 aromatic rings.